The third kappa shape index (κ3) is 3.88. The van der Waals surface area contributed by atoms with E-state index in [2.05, 4.69) is 20.4 Å². The van der Waals surface area contributed by atoms with Crippen molar-refractivity contribution in [2.24, 2.45) is 0 Å². The largest absolute Gasteiger partial charge is 0.331 e. The number of nitrogens with zero attached hydrogens (tertiary/aromatic N) is 4. The lowest BCUT2D eigenvalue weighted by Crippen LogP contribution is -2.54. The summed E-state index contributed by atoms with van der Waals surface area (Å²) >= 11 is 1.65. The Morgan fingerprint density at radius 1 is 1.04 bits per heavy atom. The van der Waals surface area contributed by atoms with E-state index >= 15 is 0 Å². The Kier molecular flexibility index (Phi) is 4.98. The average molecular weight is 350 g/mol. The van der Waals surface area contributed by atoms with Gasteiger partial charge in [0.25, 0.3) is 0 Å². The van der Waals surface area contributed by atoms with Crippen LogP contribution >= 0.6 is 11.3 Å². The number of amides is 2. The average Bonchev–Trinajstić information content (AvgIpc) is 3.39. The van der Waals surface area contributed by atoms with Crippen LogP contribution in [0.1, 0.15) is 60.9 Å². The summed E-state index contributed by atoms with van der Waals surface area (Å²) in [4.78, 5) is 16.9. The summed E-state index contributed by atoms with van der Waals surface area (Å²) in [6.45, 7) is 4.22. The van der Waals surface area contributed by atoms with Gasteiger partial charge in [0.05, 0.1) is 6.54 Å². The third-order valence-electron chi connectivity index (χ3n) is 5.49. The summed E-state index contributed by atoms with van der Waals surface area (Å²) in [7, 11) is 0. The minimum Gasteiger partial charge on any atom is -0.331 e. The van der Waals surface area contributed by atoms with Gasteiger partial charge in [-0.05, 0) is 25.7 Å². The molecule has 2 heterocycles. The van der Waals surface area contributed by atoms with E-state index in [9.17, 15) is 4.79 Å². The fourth-order valence-electron chi connectivity index (χ4n) is 3.83. The number of aromatic nitrogens is 2. The van der Waals surface area contributed by atoms with Crippen molar-refractivity contribution in [3.8, 4) is 0 Å². The Morgan fingerprint density at radius 2 is 1.79 bits per heavy atom. The quantitative estimate of drug-likeness (QED) is 0.907. The van der Waals surface area contributed by atoms with Crippen molar-refractivity contribution in [2.75, 3.05) is 26.2 Å². The van der Waals surface area contributed by atoms with Gasteiger partial charge in [-0.15, -0.1) is 10.2 Å². The van der Waals surface area contributed by atoms with Crippen molar-refractivity contribution in [2.45, 2.75) is 63.5 Å². The van der Waals surface area contributed by atoms with E-state index < -0.39 is 0 Å². The lowest BCUT2D eigenvalue weighted by Gasteiger charge is -2.40. The molecule has 2 aliphatic carbocycles. The lowest BCUT2D eigenvalue weighted by atomic mass is 9.94. The number of hydrogen-bond donors (Lipinski definition) is 1. The second-order valence-corrected chi connectivity index (χ2v) is 8.38. The molecule has 6 nitrogen and oxygen atoms in total. The SMILES string of the molecule is O=C(NCc1nnc(C2CC2)s1)N1CCN(C2CCCCC2)CC1. The van der Waals surface area contributed by atoms with Gasteiger partial charge in [-0.25, -0.2) is 4.79 Å². The predicted molar refractivity (Wildman–Crippen MR) is 94.1 cm³/mol. The van der Waals surface area contributed by atoms with Crippen LogP contribution in [0, 0.1) is 0 Å². The fourth-order valence-corrected chi connectivity index (χ4v) is 4.78. The van der Waals surface area contributed by atoms with Crippen LogP contribution in [0.3, 0.4) is 0 Å². The molecule has 7 heteroatoms. The maximum absolute atomic E-state index is 12.4. The van der Waals surface area contributed by atoms with Gasteiger partial charge in [-0.1, -0.05) is 30.6 Å². The highest BCUT2D eigenvalue weighted by Crippen LogP contribution is 2.41. The van der Waals surface area contributed by atoms with Crippen LogP contribution < -0.4 is 5.32 Å². The highest BCUT2D eigenvalue weighted by Gasteiger charge is 2.28. The van der Waals surface area contributed by atoms with Crippen LogP contribution in [0.2, 0.25) is 0 Å². The number of carbonyl (C=O) groups excluding carboxylic acids is 1. The minimum atomic E-state index is 0.0430. The number of carbonyl (C=O) groups is 1. The van der Waals surface area contributed by atoms with Gasteiger partial charge in [-0.2, -0.15) is 0 Å². The molecule has 4 rings (SSSR count). The predicted octanol–water partition coefficient (Wildman–Crippen LogP) is 2.58. The van der Waals surface area contributed by atoms with Gasteiger partial charge >= 0.3 is 6.03 Å². The van der Waals surface area contributed by atoms with E-state index in [0.29, 0.717) is 12.5 Å². The number of urea groups is 1. The van der Waals surface area contributed by atoms with Crippen molar-refractivity contribution >= 4 is 17.4 Å². The van der Waals surface area contributed by atoms with Crippen LogP contribution in [0.4, 0.5) is 4.79 Å². The maximum Gasteiger partial charge on any atom is 0.317 e. The lowest BCUT2D eigenvalue weighted by molar-refractivity contribution is 0.0905. The molecular formula is C17H27N5OS. The first-order valence-corrected chi connectivity index (χ1v) is 10.2. The summed E-state index contributed by atoms with van der Waals surface area (Å²) in [6.07, 6.45) is 9.30. The van der Waals surface area contributed by atoms with Gasteiger partial charge in [-0.3, -0.25) is 4.90 Å². The first-order valence-electron chi connectivity index (χ1n) is 9.39. The molecule has 0 bridgehead atoms. The van der Waals surface area contributed by atoms with E-state index in [0.717, 1.165) is 42.2 Å². The van der Waals surface area contributed by atoms with Gasteiger partial charge < -0.3 is 10.2 Å². The molecule has 0 aromatic carbocycles. The van der Waals surface area contributed by atoms with E-state index in [1.165, 1.54) is 44.9 Å². The van der Waals surface area contributed by atoms with Crippen LogP contribution in [-0.4, -0.2) is 58.2 Å². The normalized spacial score (nSPS) is 23.4. The molecular weight excluding hydrogens is 322 g/mol. The molecule has 0 atom stereocenters. The van der Waals surface area contributed by atoms with Gasteiger partial charge in [0.2, 0.25) is 0 Å². The van der Waals surface area contributed by atoms with Crippen LogP contribution in [0.25, 0.3) is 0 Å². The zero-order valence-electron chi connectivity index (χ0n) is 14.2. The maximum atomic E-state index is 12.4. The number of piperazine rings is 1. The second kappa shape index (κ2) is 7.35. The number of nitrogens with one attached hydrogen (secondary N) is 1. The molecule has 1 saturated heterocycles. The molecule has 1 N–H and O–H groups in total. The molecule has 1 aromatic rings. The molecule has 132 valence electrons. The highest BCUT2D eigenvalue weighted by atomic mass is 32.1. The van der Waals surface area contributed by atoms with Crippen molar-refractivity contribution in [3.63, 3.8) is 0 Å². The van der Waals surface area contributed by atoms with E-state index in [4.69, 9.17) is 0 Å². The molecule has 0 spiro atoms. The number of rotatable bonds is 4. The number of hydrogen-bond acceptors (Lipinski definition) is 5. The van der Waals surface area contributed by atoms with Gasteiger partial charge in [0.1, 0.15) is 10.0 Å². The monoisotopic (exact) mass is 349 g/mol. The Balaban J connectivity index is 1.20. The fraction of sp³-hybridized carbons (Fsp3) is 0.824. The Morgan fingerprint density at radius 3 is 2.50 bits per heavy atom. The van der Waals surface area contributed by atoms with Crippen molar-refractivity contribution in [3.05, 3.63) is 10.0 Å². The zero-order chi connectivity index (χ0) is 16.4. The minimum absolute atomic E-state index is 0.0430. The van der Waals surface area contributed by atoms with E-state index in [1.807, 2.05) is 4.90 Å². The molecule has 0 unspecified atom stereocenters. The van der Waals surface area contributed by atoms with Crippen molar-refractivity contribution in [1.82, 2.24) is 25.3 Å². The summed E-state index contributed by atoms with van der Waals surface area (Å²) in [6, 6.07) is 0.799. The van der Waals surface area contributed by atoms with Crippen molar-refractivity contribution in [1.29, 1.82) is 0 Å². The molecule has 3 fully saturated rings. The van der Waals surface area contributed by atoms with Gasteiger partial charge in [0.15, 0.2) is 0 Å². The zero-order valence-corrected chi connectivity index (χ0v) is 15.1. The van der Waals surface area contributed by atoms with Crippen LogP contribution in [0.15, 0.2) is 0 Å². The standard InChI is InChI=1S/C17H27N5OS/c23-17(18-12-15-19-20-16(24-15)13-6-7-13)22-10-8-21(9-11-22)14-4-2-1-3-5-14/h13-14H,1-12H2,(H,18,23). The first kappa shape index (κ1) is 16.3. The topological polar surface area (TPSA) is 61.4 Å². The first-order chi connectivity index (χ1) is 11.8. The summed E-state index contributed by atoms with van der Waals surface area (Å²) in [5.41, 5.74) is 0. The van der Waals surface area contributed by atoms with E-state index in [1.54, 1.807) is 11.3 Å². The third-order valence-corrected chi connectivity index (χ3v) is 6.58. The Labute approximate surface area is 147 Å². The molecule has 3 aliphatic rings. The molecule has 24 heavy (non-hydrogen) atoms. The Bertz CT molecular complexity index is 559. The van der Waals surface area contributed by atoms with Gasteiger partial charge in [0, 0.05) is 38.1 Å². The smallest absolute Gasteiger partial charge is 0.317 e. The molecule has 2 amide bonds. The highest BCUT2D eigenvalue weighted by molar-refractivity contribution is 7.11. The Hall–Kier alpha value is -1.21. The molecule has 2 saturated carbocycles. The van der Waals surface area contributed by atoms with Crippen LogP contribution in [-0.2, 0) is 6.54 Å². The van der Waals surface area contributed by atoms with Crippen LogP contribution in [0.5, 0.6) is 0 Å². The molecule has 0 radical (unpaired) electrons. The van der Waals surface area contributed by atoms with E-state index in [-0.39, 0.29) is 6.03 Å². The molecule has 1 aliphatic heterocycles. The summed E-state index contributed by atoms with van der Waals surface area (Å²) in [5.74, 6) is 0.639. The second-order valence-electron chi connectivity index (χ2n) is 7.28. The van der Waals surface area contributed by atoms with Crippen molar-refractivity contribution < 1.29 is 4.79 Å². The summed E-state index contributed by atoms with van der Waals surface area (Å²) in [5, 5.41) is 13.5. The summed E-state index contributed by atoms with van der Waals surface area (Å²) < 4.78 is 0. The molecule has 1 aromatic heterocycles.